The van der Waals surface area contributed by atoms with Crippen molar-refractivity contribution in [2.24, 2.45) is 0 Å². The van der Waals surface area contributed by atoms with Crippen LogP contribution in [0, 0.1) is 11.6 Å². The highest BCUT2D eigenvalue weighted by Gasteiger charge is 2.28. The summed E-state index contributed by atoms with van der Waals surface area (Å²) in [5.41, 5.74) is -1.76. The summed E-state index contributed by atoms with van der Waals surface area (Å²) in [4.78, 5) is 12.4. The van der Waals surface area contributed by atoms with Gasteiger partial charge in [-0.3, -0.25) is 4.79 Å². The van der Waals surface area contributed by atoms with Crippen molar-refractivity contribution in [3.05, 3.63) is 51.7 Å². The maximum atomic E-state index is 13.7. The van der Waals surface area contributed by atoms with E-state index in [1.54, 1.807) is 11.4 Å². The van der Waals surface area contributed by atoms with Crippen molar-refractivity contribution in [2.45, 2.75) is 12.5 Å². The number of benzene rings is 1. The molecule has 22 heavy (non-hydrogen) atoms. The molecule has 1 atom stereocenters. The second kappa shape index (κ2) is 6.41. The van der Waals surface area contributed by atoms with Crippen LogP contribution in [0.4, 0.5) is 8.78 Å². The lowest BCUT2D eigenvalue weighted by Gasteiger charge is -2.24. The van der Waals surface area contributed by atoms with Gasteiger partial charge >= 0.3 is 0 Å². The normalized spacial score (nSPS) is 13.5. The molecule has 1 aromatic carbocycles. The molecule has 0 radical (unpaired) electrons. The Kier molecular flexibility index (Phi) is 4.77. The molecule has 2 N–H and O–H groups in total. The number of hydrogen-bond donors (Lipinski definition) is 2. The van der Waals surface area contributed by atoms with Crippen LogP contribution in [-0.4, -0.2) is 24.7 Å². The first-order chi connectivity index (χ1) is 10.3. The number of hydrogen-bond acceptors (Lipinski definition) is 4. The average molecular weight is 327 g/mol. The molecule has 0 fully saturated rings. The Morgan fingerprint density at radius 3 is 2.77 bits per heavy atom. The van der Waals surface area contributed by atoms with Crippen LogP contribution in [-0.2, 0) is 5.60 Å². The zero-order chi connectivity index (χ0) is 16.3. The minimum atomic E-state index is -1.67. The van der Waals surface area contributed by atoms with Crippen LogP contribution in [0.25, 0.3) is 0 Å². The standard InChI is InChI=1S/C15H15F2NO3S/c1-15(20,10-4-3-9(16)7-11(10)17)8-18-14(19)13-12(21-2)5-6-22-13/h3-7,20H,8H2,1-2H3,(H,18,19). The molecule has 0 saturated heterocycles. The monoisotopic (exact) mass is 327 g/mol. The number of carbonyl (C=O) groups is 1. The van der Waals surface area contributed by atoms with Gasteiger partial charge < -0.3 is 15.2 Å². The van der Waals surface area contributed by atoms with E-state index in [0.717, 1.165) is 12.1 Å². The zero-order valence-corrected chi connectivity index (χ0v) is 12.8. The van der Waals surface area contributed by atoms with E-state index in [2.05, 4.69) is 5.32 Å². The van der Waals surface area contributed by atoms with E-state index in [1.165, 1.54) is 25.4 Å². The summed E-state index contributed by atoms with van der Waals surface area (Å²) >= 11 is 1.19. The first-order valence-electron chi connectivity index (χ1n) is 6.43. The predicted molar refractivity (Wildman–Crippen MR) is 79.1 cm³/mol. The number of aliphatic hydroxyl groups is 1. The highest BCUT2D eigenvalue weighted by Crippen LogP contribution is 2.26. The fourth-order valence-electron chi connectivity index (χ4n) is 1.98. The lowest BCUT2D eigenvalue weighted by atomic mass is 9.95. The maximum Gasteiger partial charge on any atom is 0.265 e. The van der Waals surface area contributed by atoms with Crippen LogP contribution in [0.15, 0.2) is 29.6 Å². The van der Waals surface area contributed by atoms with E-state index in [-0.39, 0.29) is 12.1 Å². The Hall–Kier alpha value is -1.99. The first-order valence-corrected chi connectivity index (χ1v) is 7.30. The van der Waals surface area contributed by atoms with E-state index in [4.69, 9.17) is 4.74 Å². The van der Waals surface area contributed by atoms with Gasteiger partial charge in [0, 0.05) is 11.6 Å². The molecule has 4 nitrogen and oxygen atoms in total. The zero-order valence-electron chi connectivity index (χ0n) is 12.0. The van der Waals surface area contributed by atoms with E-state index < -0.39 is 23.1 Å². The largest absolute Gasteiger partial charge is 0.495 e. The molecule has 1 heterocycles. The molecule has 0 aliphatic heterocycles. The van der Waals surface area contributed by atoms with Crippen LogP contribution >= 0.6 is 11.3 Å². The van der Waals surface area contributed by atoms with Crippen molar-refractivity contribution in [3.8, 4) is 5.75 Å². The van der Waals surface area contributed by atoms with Crippen molar-refractivity contribution in [1.29, 1.82) is 0 Å². The minimum Gasteiger partial charge on any atom is -0.495 e. The lowest BCUT2D eigenvalue weighted by Crippen LogP contribution is -2.39. The Morgan fingerprint density at radius 2 is 2.14 bits per heavy atom. The van der Waals surface area contributed by atoms with Crippen LogP contribution in [0.1, 0.15) is 22.2 Å². The van der Waals surface area contributed by atoms with Crippen molar-refractivity contribution < 1.29 is 23.4 Å². The quantitative estimate of drug-likeness (QED) is 0.888. The van der Waals surface area contributed by atoms with Crippen molar-refractivity contribution in [3.63, 3.8) is 0 Å². The van der Waals surface area contributed by atoms with Gasteiger partial charge in [-0.2, -0.15) is 0 Å². The van der Waals surface area contributed by atoms with Crippen molar-refractivity contribution in [2.75, 3.05) is 13.7 Å². The van der Waals surface area contributed by atoms with Gasteiger partial charge in [0.05, 0.1) is 13.7 Å². The van der Waals surface area contributed by atoms with Gasteiger partial charge in [-0.05, 0) is 24.4 Å². The molecule has 1 aromatic heterocycles. The molecule has 2 rings (SSSR count). The molecule has 118 valence electrons. The first kappa shape index (κ1) is 16.4. The molecule has 1 unspecified atom stereocenters. The number of methoxy groups -OCH3 is 1. The van der Waals surface area contributed by atoms with Gasteiger partial charge in [-0.25, -0.2) is 8.78 Å². The molecule has 7 heteroatoms. The van der Waals surface area contributed by atoms with Crippen LogP contribution in [0.2, 0.25) is 0 Å². The minimum absolute atomic E-state index is 0.0904. The summed E-state index contributed by atoms with van der Waals surface area (Å²) in [6.45, 7) is 1.12. The van der Waals surface area contributed by atoms with Gasteiger partial charge in [0.25, 0.3) is 5.91 Å². The Bertz CT molecular complexity index is 685. The molecule has 0 aliphatic carbocycles. The molecule has 0 spiro atoms. The van der Waals surface area contributed by atoms with Crippen molar-refractivity contribution in [1.82, 2.24) is 5.32 Å². The fourth-order valence-corrected chi connectivity index (χ4v) is 2.75. The van der Waals surface area contributed by atoms with Gasteiger partial charge in [0.2, 0.25) is 0 Å². The topological polar surface area (TPSA) is 58.6 Å². The summed E-state index contributed by atoms with van der Waals surface area (Å²) in [5.74, 6) is -1.61. The Morgan fingerprint density at radius 1 is 1.41 bits per heavy atom. The predicted octanol–water partition coefficient (Wildman–Crippen LogP) is 2.67. The summed E-state index contributed by atoms with van der Waals surface area (Å²) in [7, 11) is 1.45. The third-order valence-corrected chi connectivity index (χ3v) is 4.05. The highest BCUT2D eigenvalue weighted by molar-refractivity contribution is 7.12. The molecule has 2 aromatic rings. The third kappa shape index (κ3) is 3.42. The van der Waals surface area contributed by atoms with Crippen LogP contribution in [0.3, 0.4) is 0 Å². The van der Waals surface area contributed by atoms with E-state index in [9.17, 15) is 18.7 Å². The average Bonchev–Trinajstić information content (AvgIpc) is 2.93. The van der Waals surface area contributed by atoms with E-state index in [1.807, 2.05) is 0 Å². The second-order valence-corrected chi connectivity index (χ2v) is 5.81. The van der Waals surface area contributed by atoms with E-state index in [0.29, 0.717) is 16.7 Å². The number of thiophene rings is 1. The molecule has 0 saturated carbocycles. The summed E-state index contributed by atoms with van der Waals surface area (Å²) < 4.78 is 31.7. The number of ether oxygens (including phenoxy) is 1. The summed E-state index contributed by atoms with van der Waals surface area (Å²) in [5, 5.41) is 14.5. The molecular formula is C15H15F2NO3S. The number of halogens is 2. The number of rotatable bonds is 5. The third-order valence-electron chi connectivity index (χ3n) is 3.16. The van der Waals surface area contributed by atoms with Crippen molar-refractivity contribution >= 4 is 17.2 Å². The SMILES string of the molecule is COc1ccsc1C(=O)NCC(C)(O)c1ccc(F)cc1F. The maximum absolute atomic E-state index is 13.7. The van der Waals surface area contributed by atoms with Crippen LogP contribution < -0.4 is 10.1 Å². The summed E-state index contributed by atoms with van der Waals surface area (Å²) in [6, 6.07) is 4.55. The highest BCUT2D eigenvalue weighted by atomic mass is 32.1. The number of amides is 1. The number of nitrogens with one attached hydrogen (secondary N) is 1. The van der Waals surface area contributed by atoms with Crippen LogP contribution in [0.5, 0.6) is 5.75 Å². The van der Waals surface area contributed by atoms with Gasteiger partial charge in [-0.1, -0.05) is 6.07 Å². The second-order valence-electron chi connectivity index (χ2n) is 4.90. The lowest BCUT2D eigenvalue weighted by molar-refractivity contribution is 0.0495. The van der Waals surface area contributed by atoms with Gasteiger partial charge in [0.1, 0.15) is 27.9 Å². The summed E-state index contributed by atoms with van der Waals surface area (Å²) in [6.07, 6.45) is 0. The fraction of sp³-hybridized carbons (Fsp3) is 0.267. The smallest absolute Gasteiger partial charge is 0.265 e. The van der Waals surface area contributed by atoms with Gasteiger partial charge in [0.15, 0.2) is 0 Å². The molecule has 1 amide bonds. The Balaban J connectivity index is 2.11. The van der Waals surface area contributed by atoms with Gasteiger partial charge in [-0.15, -0.1) is 11.3 Å². The van der Waals surface area contributed by atoms with E-state index >= 15 is 0 Å². The number of carbonyl (C=O) groups excluding carboxylic acids is 1. The molecular weight excluding hydrogens is 312 g/mol. The molecule has 0 aliphatic rings. The molecule has 0 bridgehead atoms. The Labute approximate surface area is 130 Å².